The molecule has 1 saturated heterocycles. The van der Waals surface area contributed by atoms with Crippen molar-refractivity contribution in [2.24, 2.45) is 0 Å². The van der Waals surface area contributed by atoms with Crippen molar-refractivity contribution in [2.45, 2.75) is 37.3 Å². The number of carbonyl (C=O) groups excluding carboxylic acids is 1. The molecule has 0 aliphatic carbocycles. The molecule has 3 heterocycles. The monoisotopic (exact) mass is 467 g/mol. The van der Waals surface area contributed by atoms with Crippen LogP contribution in [-0.4, -0.2) is 65.2 Å². The Kier molecular flexibility index (Phi) is 6.51. The zero-order valence-corrected chi connectivity index (χ0v) is 20.0. The van der Waals surface area contributed by atoms with Crippen molar-refractivity contribution in [1.29, 1.82) is 0 Å². The molecular formula is C24H29N5O3S. The number of aromatic nitrogens is 3. The summed E-state index contributed by atoms with van der Waals surface area (Å²) in [5.41, 5.74) is 0.813. The van der Waals surface area contributed by atoms with Crippen LogP contribution in [0.25, 0.3) is 5.82 Å². The van der Waals surface area contributed by atoms with Crippen LogP contribution in [0.4, 0.5) is 5.82 Å². The molecule has 8 nitrogen and oxygen atoms in total. The minimum absolute atomic E-state index is 0.0426. The molecule has 9 heteroatoms. The van der Waals surface area contributed by atoms with Crippen molar-refractivity contribution >= 4 is 21.6 Å². The molecule has 0 unspecified atom stereocenters. The molecule has 0 radical (unpaired) electrons. The summed E-state index contributed by atoms with van der Waals surface area (Å²) in [6, 6.07) is 12.5. The first-order chi connectivity index (χ1) is 15.7. The highest BCUT2D eigenvalue weighted by molar-refractivity contribution is 7.92. The van der Waals surface area contributed by atoms with E-state index in [1.54, 1.807) is 38.1 Å². The van der Waals surface area contributed by atoms with Crippen molar-refractivity contribution < 1.29 is 13.2 Å². The Morgan fingerprint density at radius 1 is 0.970 bits per heavy atom. The smallest absolute Gasteiger partial charge is 0.227 e. The van der Waals surface area contributed by atoms with Gasteiger partial charge in [-0.15, -0.1) is 0 Å². The van der Waals surface area contributed by atoms with E-state index >= 15 is 0 Å². The second kappa shape index (κ2) is 9.35. The van der Waals surface area contributed by atoms with Crippen LogP contribution in [0.2, 0.25) is 0 Å². The third-order valence-electron chi connectivity index (χ3n) is 5.86. The molecule has 33 heavy (non-hydrogen) atoms. The maximum atomic E-state index is 12.8. The highest BCUT2D eigenvalue weighted by Crippen LogP contribution is 2.19. The molecule has 4 rings (SSSR count). The van der Waals surface area contributed by atoms with Gasteiger partial charge in [0.25, 0.3) is 0 Å². The second-order valence-electron chi connectivity index (χ2n) is 8.50. The van der Waals surface area contributed by atoms with Gasteiger partial charge in [-0.05, 0) is 50.6 Å². The van der Waals surface area contributed by atoms with Crippen molar-refractivity contribution in [1.82, 2.24) is 19.4 Å². The number of sulfone groups is 1. The summed E-state index contributed by atoms with van der Waals surface area (Å²) in [5, 5.41) is -0.473. The average molecular weight is 468 g/mol. The molecule has 3 aromatic rings. The fraction of sp³-hybridized carbons (Fsp3) is 0.375. The fourth-order valence-electron chi connectivity index (χ4n) is 3.86. The first-order valence-electron chi connectivity index (χ1n) is 11.1. The molecule has 1 aliphatic heterocycles. The average Bonchev–Trinajstić information content (AvgIpc) is 3.34. The largest absolute Gasteiger partial charge is 0.353 e. The molecule has 1 aromatic carbocycles. The summed E-state index contributed by atoms with van der Waals surface area (Å²) in [6.07, 6.45) is 4.16. The van der Waals surface area contributed by atoms with E-state index in [9.17, 15) is 13.2 Å². The van der Waals surface area contributed by atoms with Gasteiger partial charge in [-0.25, -0.2) is 18.4 Å². The van der Waals surface area contributed by atoms with Crippen molar-refractivity contribution in [3.63, 3.8) is 0 Å². The van der Waals surface area contributed by atoms with E-state index in [4.69, 9.17) is 0 Å². The minimum atomic E-state index is -3.31. The first kappa shape index (κ1) is 23.0. The van der Waals surface area contributed by atoms with Crippen LogP contribution in [0.5, 0.6) is 0 Å². The Morgan fingerprint density at radius 3 is 2.18 bits per heavy atom. The molecule has 1 aliphatic rings. The summed E-state index contributed by atoms with van der Waals surface area (Å²) in [7, 11) is -3.31. The maximum absolute atomic E-state index is 12.8. The Balaban J connectivity index is 1.37. The third kappa shape index (κ3) is 5.08. The number of rotatable bonds is 6. The van der Waals surface area contributed by atoms with Gasteiger partial charge in [-0.1, -0.05) is 12.1 Å². The third-order valence-corrected chi connectivity index (χ3v) is 8.03. The van der Waals surface area contributed by atoms with Gasteiger partial charge in [0.15, 0.2) is 9.84 Å². The van der Waals surface area contributed by atoms with Crippen LogP contribution in [0, 0.1) is 6.92 Å². The lowest BCUT2D eigenvalue weighted by Gasteiger charge is -2.35. The van der Waals surface area contributed by atoms with Crippen LogP contribution in [0.3, 0.4) is 0 Å². The Hall–Kier alpha value is -3.20. The predicted molar refractivity (Wildman–Crippen MR) is 127 cm³/mol. The molecular weight excluding hydrogens is 438 g/mol. The predicted octanol–water partition coefficient (Wildman–Crippen LogP) is 2.65. The molecule has 2 aromatic heterocycles. The number of hydrogen-bond donors (Lipinski definition) is 0. The standard InChI is InChI=1S/C24H29N5O3S/c1-18(2)33(31,32)21-8-6-20(7-9-21)16-24(30)29-14-12-28(13-15-29)23-17-22(25-19(3)26-23)27-10-4-5-11-27/h4-11,17-18H,12-16H2,1-3H3. The Labute approximate surface area is 194 Å². The summed E-state index contributed by atoms with van der Waals surface area (Å²) in [4.78, 5) is 26.3. The van der Waals surface area contributed by atoms with E-state index in [2.05, 4.69) is 14.9 Å². The van der Waals surface area contributed by atoms with Gasteiger partial charge >= 0.3 is 0 Å². The Bertz CT molecular complexity index is 1210. The van der Waals surface area contributed by atoms with Crippen LogP contribution in [-0.2, 0) is 21.1 Å². The van der Waals surface area contributed by atoms with Crippen LogP contribution in [0.1, 0.15) is 25.2 Å². The van der Waals surface area contributed by atoms with Gasteiger partial charge in [0.2, 0.25) is 5.91 Å². The number of carbonyl (C=O) groups is 1. The zero-order chi connectivity index (χ0) is 23.6. The molecule has 0 saturated carbocycles. The number of aryl methyl sites for hydroxylation is 1. The van der Waals surface area contributed by atoms with Crippen molar-refractivity contribution in [2.75, 3.05) is 31.1 Å². The number of benzene rings is 1. The number of amides is 1. The normalized spacial score (nSPS) is 14.7. The lowest BCUT2D eigenvalue weighted by atomic mass is 10.1. The molecule has 0 atom stereocenters. The van der Waals surface area contributed by atoms with Crippen LogP contribution in [0.15, 0.2) is 59.8 Å². The second-order valence-corrected chi connectivity index (χ2v) is 11.0. The highest BCUT2D eigenvalue weighted by Gasteiger charge is 2.23. The number of nitrogens with zero attached hydrogens (tertiary/aromatic N) is 5. The molecule has 1 fully saturated rings. The maximum Gasteiger partial charge on any atom is 0.227 e. The fourth-order valence-corrected chi connectivity index (χ4v) is 4.92. The SMILES string of the molecule is Cc1nc(N2CCN(C(=O)Cc3ccc(S(=O)(=O)C(C)C)cc3)CC2)cc(-n2cccc2)n1. The topological polar surface area (TPSA) is 88.4 Å². The van der Waals surface area contributed by atoms with Crippen LogP contribution >= 0.6 is 0 Å². The zero-order valence-electron chi connectivity index (χ0n) is 19.2. The van der Waals surface area contributed by atoms with Crippen molar-refractivity contribution in [3.8, 4) is 5.82 Å². The number of hydrogen-bond acceptors (Lipinski definition) is 6. The van der Waals surface area contributed by atoms with Gasteiger partial charge < -0.3 is 14.4 Å². The summed E-state index contributed by atoms with van der Waals surface area (Å²) < 4.78 is 26.5. The molecule has 0 N–H and O–H groups in total. The summed E-state index contributed by atoms with van der Waals surface area (Å²) in [6.45, 7) is 7.82. The van der Waals surface area contributed by atoms with E-state index in [1.165, 1.54) is 0 Å². The lowest BCUT2D eigenvalue weighted by molar-refractivity contribution is -0.130. The minimum Gasteiger partial charge on any atom is -0.353 e. The van der Waals surface area contributed by atoms with Gasteiger partial charge in [0, 0.05) is 44.6 Å². The molecule has 0 spiro atoms. The summed E-state index contributed by atoms with van der Waals surface area (Å²) >= 11 is 0. The van der Waals surface area contributed by atoms with Crippen molar-refractivity contribution in [3.05, 3.63) is 66.2 Å². The Morgan fingerprint density at radius 2 is 1.58 bits per heavy atom. The lowest BCUT2D eigenvalue weighted by Crippen LogP contribution is -2.49. The first-order valence-corrected chi connectivity index (χ1v) is 12.6. The quantitative estimate of drug-likeness (QED) is 0.554. The summed E-state index contributed by atoms with van der Waals surface area (Å²) in [5.74, 6) is 2.43. The molecule has 0 bridgehead atoms. The van der Waals surface area contributed by atoms with Gasteiger partial charge in [0.05, 0.1) is 16.6 Å². The number of anilines is 1. The highest BCUT2D eigenvalue weighted by atomic mass is 32.2. The van der Waals surface area contributed by atoms with E-state index in [1.807, 2.05) is 47.0 Å². The van der Waals surface area contributed by atoms with E-state index in [0.717, 1.165) is 17.2 Å². The van der Waals surface area contributed by atoms with Gasteiger partial charge in [-0.2, -0.15) is 0 Å². The van der Waals surface area contributed by atoms with Gasteiger partial charge in [0.1, 0.15) is 17.5 Å². The van der Waals surface area contributed by atoms with E-state index in [0.29, 0.717) is 36.9 Å². The van der Waals surface area contributed by atoms with Crippen LogP contribution < -0.4 is 4.90 Å². The van der Waals surface area contributed by atoms with E-state index < -0.39 is 15.1 Å². The molecule has 1 amide bonds. The van der Waals surface area contributed by atoms with Gasteiger partial charge in [-0.3, -0.25) is 4.79 Å². The number of piperazine rings is 1. The molecule has 174 valence electrons. The van der Waals surface area contributed by atoms with E-state index in [-0.39, 0.29) is 12.3 Å².